The van der Waals surface area contributed by atoms with E-state index in [9.17, 15) is 0 Å². The first-order valence-corrected chi connectivity index (χ1v) is 9.39. The zero-order chi connectivity index (χ0) is 17.6. The summed E-state index contributed by atoms with van der Waals surface area (Å²) in [6.07, 6.45) is 0. The summed E-state index contributed by atoms with van der Waals surface area (Å²) in [5.74, 6) is 0. The van der Waals surface area contributed by atoms with Crippen molar-refractivity contribution in [1.82, 2.24) is 0 Å². The minimum absolute atomic E-state index is 0.283. The van der Waals surface area contributed by atoms with Crippen molar-refractivity contribution in [3.05, 3.63) is 125 Å². The van der Waals surface area contributed by atoms with Gasteiger partial charge in [0.25, 0.3) is 0 Å². The Bertz CT molecular complexity index is 1030. The van der Waals surface area contributed by atoms with Gasteiger partial charge in [0.15, 0.2) is 0 Å². The van der Waals surface area contributed by atoms with E-state index in [4.69, 9.17) is 0 Å². The van der Waals surface area contributed by atoms with E-state index in [1.54, 1.807) is 0 Å². The summed E-state index contributed by atoms with van der Waals surface area (Å²) in [5.41, 5.74) is 7.68. The predicted octanol–water partition coefficient (Wildman–Crippen LogP) is 4.84. The fourth-order valence-corrected chi connectivity index (χ4v) is 4.60. The number of rotatable bonds is 2. The zero-order valence-electron chi connectivity index (χ0n) is 14.3. The van der Waals surface area contributed by atoms with Gasteiger partial charge in [-0.25, -0.2) is 0 Å². The summed E-state index contributed by atoms with van der Waals surface area (Å²) in [7, 11) is 3.64. The van der Waals surface area contributed by atoms with Crippen molar-refractivity contribution in [2.45, 2.75) is 5.41 Å². The van der Waals surface area contributed by atoms with Crippen molar-refractivity contribution in [3.8, 4) is 11.1 Å². The topological polar surface area (TPSA) is 0 Å². The summed E-state index contributed by atoms with van der Waals surface area (Å²) in [6.45, 7) is 0. The van der Waals surface area contributed by atoms with E-state index in [-0.39, 0.29) is 5.41 Å². The average molecular weight is 345 g/mol. The van der Waals surface area contributed by atoms with Gasteiger partial charge in [-0.2, -0.15) is 0 Å². The maximum atomic E-state index is 3.64. The lowest BCUT2D eigenvalue weighted by Crippen LogP contribution is -2.28. The molecule has 26 heavy (non-hydrogen) atoms. The van der Waals surface area contributed by atoms with Crippen molar-refractivity contribution in [2.24, 2.45) is 0 Å². The van der Waals surface area contributed by atoms with Crippen LogP contribution < -0.4 is 5.19 Å². The highest BCUT2D eigenvalue weighted by atomic mass is 28.1. The molecule has 0 bridgehead atoms. The number of hydrogen-bond acceptors (Lipinski definition) is 0. The van der Waals surface area contributed by atoms with Crippen molar-refractivity contribution in [3.63, 3.8) is 0 Å². The lowest BCUT2D eigenvalue weighted by atomic mass is 9.68. The molecule has 1 heteroatoms. The molecule has 0 unspecified atom stereocenters. The summed E-state index contributed by atoms with van der Waals surface area (Å²) < 4.78 is 0. The maximum absolute atomic E-state index is 3.64. The molecule has 0 spiro atoms. The van der Waals surface area contributed by atoms with E-state index in [2.05, 4.69) is 113 Å². The monoisotopic (exact) mass is 345 g/mol. The molecule has 0 fully saturated rings. The molecule has 0 nitrogen and oxygen atoms in total. The SMILES string of the molecule is [Si]c1ccc(C2(c3ccccc3)c3ccccc3-c3ccccc32)cc1. The van der Waals surface area contributed by atoms with E-state index < -0.39 is 0 Å². The summed E-state index contributed by atoms with van der Waals surface area (Å²) in [6, 6.07) is 37.3. The molecule has 0 aromatic heterocycles. The second kappa shape index (κ2) is 5.82. The smallest absolute Gasteiger partial charge is 0.0673 e. The molecular weight excluding hydrogens is 328 g/mol. The molecule has 0 atom stereocenters. The van der Waals surface area contributed by atoms with Crippen LogP contribution in [0.2, 0.25) is 0 Å². The van der Waals surface area contributed by atoms with Gasteiger partial charge < -0.3 is 0 Å². The Morgan fingerprint density at radius 1 is 0.462 bits per heavy atom. The van der Waals surface area contributed by atoms with Crippen LogP contribution in [0.15, 0.2) is 103 Å². The lowest BCUT2D eigenvalue weighted by Gasteiger charge is -2.33. The van der Waals surface area contributed by atoms with Crippen molar-refractivity contribution in [1.29, 1.82) is 0 Å². The van der Waals surface area contributed by atoms with E-state index in [1.165, 1.54) is 33.4 Å². The highest BCUT2D eigenvalue weighted by Crippen LogP contribution is 2.55. The molecule has 4 aromatic rings. The Kier molecular flexibility index (Phi) is 3.44. The molecule has 3 radical (unpaired) electrons. The van der Waals surface area contributed by atoms with Crippen molar-refractivity contribution < 1.29 is 0 Å². The third kappa shape index (κ3) is 2.01. The van der Waals surface area contributed by atoms with Crippen LogP contribution in [0, 0.1) is 0 Å². The van der Waals surface area contributed by atoms with Gasteiger partial charge in [-0.3, -0.25) is 0 Å². The van der Waals surface area contributed by atoms with Crippen LogP contribution >= 0.6 is 0 Å². The molecule has 0 N–H and O–H groups in total. The van der Waals surface area contributed by atoms with Crippen LogP contribution in [0.5, 0.6) is 0 Å². The minimum atomic E-state index is -0.283. The van der Waals surface area contributed by atoms with Crippen LogP contribution in [-0.2, 0) is 5.41 Å². The molecule has 1 aliphatic carbocycles. The predicted molar refractivity (Wildman–Crippen MR) is 109 cm³/mol. The number of benzene rings is 4. The van der Waals surface area contributed by atoms with Gasteiger partial charge in [0.2, 0.25) is 0 Å². The highest BCUT2D eigenvalue weighted by Gasteiger charge is 2.45. The number of fused-ring (bicyclic) bond motifs is 3. The Morgan fingerprint density at radius 3 is 1.50 bits per heavy atom. The molecule has 4 aromatic carbocycles. The van der Waals surface area contributed by atoms with Gasteiger partial charge in [-0.05, 0) is 33.4 Å². The van der Waals surface area contributed by atoms with E-state index in [0.29, 0.717) is 0 Å². The number of hydrogen-bond donors (Lipinski definition) is 0. The summed E-state index contributed by atoms with van der Waals surface area (Å²) in [5, 5.41) is 1.09. The van der Waals surface area contributed by atoms with Gasteiger partial charge in [-0.15, -0.1) is 0 Å². The van der Waals surface area contributed by atoms with Crippen LogP contribution in [0.4, 0.5) is 0 Å². The van der Waals surface area contributed by atoms with E-state index in [1.807, 2.05) is 0 Å². The molecule has 0 aliphatic heterocycles. The normalized spacial score (nSPS) is 13.9. The fraction of sp³-hybridized carbons (Fsp3) is 0.0400. The molecule has 0 heterocycles. The van der Waals surface area contributed by atoms with Crippen molar-refractivity contribution >= 4 is 15.4 Å². The zero-order valence-corrected chi connectivity index (χ0v) is 15.3. The fourth-order valence-electron chi connectivity index (χ4n) is 4.43. The van der Waals surface area contributed by atoms with Crippen LogP contribution in [0.3, 0.4) is 0 Å². The van der Waals surface area contributed by atoms with E-state index >= 15 is 0 Å². The average Bonchev–Trinajstić information content (AvgIpc) is 3.01. The summed E-state index contributed by atoms with van der Waals surface area (Å²) >= 11 is 0. The van der Waals surface area contributed by atoms with Gasteiger partial charge in [-0.1, -0.05) is 108 Å². The quantitative estimate of drug-likeness (QED) is 0.402. The Morgan fingerprint density at radius 2 is 0.923 bits per heavy atom. The first-order chi connectivity index (χ1) is 12.8. The van der Waals surface area contributed by atoms with Crippen LogP contribution in [0.25, 0.3) is 11.1 Å². The van der Waals surface area contributed by atoms with Gasteiger partial charge in [0, 0.05) is 0 Å². The Hall–Kier alpha value is -2.90. The first-order valence-electron chi connectivity index (χ1n) is 8.89. The summed E-state index contributed by atoms with van der Waals surface area (Å²) in [4.78, 5) is 0. The molecule has 121 valence electrons. The molecular formula is C25H17Si. The lowest BCUT2D eigenvalue weighted by molar-refractivity contribution is 0.769. The molecule has 0 amide bonds. The van der Waals surface area contributed by atoms with Gasteiger partial charge >= 0.3 is 0 Å². The highest BCUT2D eigenvalue weighted by molar-refractivity contribution is 6.32. The van der Waals surface area contributed by atoms with E-state index in [0.717, 1.165) is 5.19 Å². The molecule has 1 aliphatic rings. The second-order valence-corrected chi connectivity index (χ2v) is 7.36. The molecule has 5 rings (SSSR count). The molecule has 0 saturated heterocycles. The van der Waals surface area contributed by atoms with Gasteiger partial charge in [0.05, 0.1) is 15.7 Å². The van der Waals surface area contributed by atoms with Crippen LogP contribution in [-0.4, -0.2) is 10.2 Å². The van der Waals surface area contributed by atoms with Crippen LogP contribution in [0.1, 0.15) is 22.3 Å². The molecule has 0 saturated carbocycles. The largest absolute Gasteiger partial charge is 0.0713 e. The second-order valence-electron chi connectivity index (χ2n) is 6.78. The van der Waals surface area contributed by atoms with Gasteiger partial charge in [0.1, 0.15) is 0 Å². The Labute approximate surface area is 157 Å². The standard InChI is InChI=1S/C25H17Si/c26-20-16-14-19(15-17-20)25(18-8-2-1-3-9-18)23-12-6-4-10-21(23)22-11-5-7-13-24(22)25/h1-17H. The third-order valence-electron chi connectivity index (χ3n) is 5.48. The Balaban J connectivity index is 1.96. The first kappa shape index (κ1) is 15.4. The maximum Gasteiger partial charge on any atom is 0.0713 e. The minimum Gasteiger partial charge on any atom is -0.0673 e. The third-order valence-corrected chi connectivity index (χ3v) is 5.81. The van der Waals surface area contributed by atoms with Crippen molar-refractivity contribution in [2.75, 3.05) is 0 Å².